The van der Waals surface area contributed by atoms with Crippen LogP contribution >= 0.6 is 0 Å². The zero-order valence-corrected chi connectivity index (χ0v) is 8.40. The van der Waals surface area contributed by atoms with Gasteiger partial charge in [0.25, 0.3) is 0 Å². The topological polar surface area (TPSA) is 12.0 Å². The van der Waals surface area contributed by atoms with Crippen LogP contribution in [0.25, 0.3) is 0 Å². The van der Waals surface area contributed by atoms with E-state index in [9.17, 15) is 0 Å². The molecule has 0 aliphatic heterocycles. The Morgan fingerprint density at radius 3 is 2.83 bits per heavy atom. The molecule has 0 heterocycles. The van der Waals surface area contributed by atoms with E-state index in [2.05, 4.69) is 19.2 Å². The SMILES string of the molecule is CCNC12CCCC[C@@H]1CC2C. The van der Waals surface area contributed by atoms with Crippen molar-refractivity contribution in [1.29, 1.82) is 0 Å². The molecule has 1 nitrogen and oxygen atoms in total. The summed E-state index contributed by atoms with van der Waals surface area (Å²) in [7, 11) is 0. The Bertz CT molecular complexity index is 160. The molecule has 2 unspecified atom stereocenters. The predicted octanol–water partition coefficient (Wildman–Crippen LogP) is 2.56. The Morgan fingerprint density at radius 2 is 2.25 bits per heavy atom. The lowest BCUT2D eigenvalue weighted by molar-refractivity contribution is -0.0250. The second-order valence-corrected chi connectivity index (χ2v) is 4.65. The minimum atomic E-state index is 0.576. The molecule has 1 heteroatoms. The highest BCUT2D eigenvalue weighted by Gasteiger charge is 2.52. The minimum absolute atomic E-state index is 0.576. The first-order valence-corrected chi connectivity index (χ1v) is 5.54. The van der Waals surface area contributed by atoms with E-state index in [1.165, 1.54) is 32.1 Å². The lowest BCUT2D eigenvalue weighted by atomic mass is 9.53. The molecular weight excluding hydrogens is 146 g/mol. The highest BCUT2D eigenvalue weighted by atomic mass is 15.0. The Morgan fingerprint density at radius 1 is 1.42 bits per heavy atom. The predicted molar refractivity (Wildman–Crippen MR) is 52.1 cm³/mol. The van der Waals surface area contributed by atoms with Gasteiger partial charge in [-0.25, -0.2) is 0 Å². The smallest absolute Gasteiger partial charge is 0.0235 e. The number of fused-ring (bicyclic) bond motifs is 1. The summed E-state index contributed by atoms with van der Waals surface area (Å²) in [5.41, 5.74) is 0.576. The number of hydrogen-bond donors (Lipinski definition) is 1. The molecular formula is C11H21N. The van der Waals surface area contributed by atoms with Gasteiger partial charge < -0.3 is 5.32 Å². The minimum Gasteiger partial charge on any atom is -0.311 e. The second kappa shape index (κ2) is 3.02. The fraction of sp³-hybridized carbons (Fsp3) is 1.00. The molecule has 0 spiro atoms. The van der Waals surface area contributed by atoms with Gasteiger partial charge in [-0.15, -0.1) is 0 Å². The van der Waals surface area contributed by atoms with Crippen LogP contribution in [0.4, 0.5) is 0 Å². The first kappa shape index (κ1) is 8.55. The first-order valence-electron chi connectivity index (χ1n) is 5.54. The molecule has 2 fully saturated rings. The van der Waals surface area contributed by atoms with Gasteiger partial charge in [-0.05, 0) is 37.6 Å². The summed E-state index contributed by atoms with van der Waals surface area (Å²) in [5.74, 6) is 1.95. The summed E-state index contributed by atoms with van der Waals surface area (Å²) in [6.07, 6.45) is 7.33. The molecule has 0 aromatic carbocycles. The molecule has 0 aromatic rings. The molecule has 0 saturated heterocycles. The zero-order chi connectivity index (χ0) is 8.60. The van der Waals surface area contributed by atoms with Crippen LogP contribution in [0.5, 0.6) is 0 Å². The van der Waals surface area contributed by atoms with E-state index in [-0.39, 0.29) is 0 Å². The van der Waals surface area contributed by atoms with Crippen LogP contribution in [0.1, 0.15) is 46.0 Å². The molecule has 2 saturated carbocycles. The summed E-state index contributed by atoms with van der Waals surface area (Å²) in [6.45, 7) is 5.82. The van der Waals surface area contributed by atoms with Gasteiger partial charge in [-0.2, -0.15) is 0 Å². The molecule has 0 aromatic heterocycles. The van der Waals surface area contributed by atoms with Crippen LogP contribution < -0.4 is 5.32 Å². The van der Waals surface area contributed by atoms with Gasteiger partial charge in [0.2, 0.25) is 0 Å². The fourth-order valence-electron chi connectivity index (χ4n) is 3.46. The van der Waals surface area contributed by atoms with E-state index in [0.717, 1.165) is 18.4 Å². The Balaban J connectivity index is 2.06. The number of hydrogen-bond acceptors (Lipinski definition) is 1. The van der Waals surface area contributed by atoms with Gasteiger partial charge >= 0.3 is 0 Å². The summed E-state index contributed by atoms with van der Waals surface area (Å²) >= 11 is 0. The zero-order valence-electron chi connectivity index (χ0n) is 8.40. The Hall–Kier alpha value is -0.0400. The molecule has 0 radical (unpaired) electrons. The third-order valence-corrected chi connectivity index (χ3v) is 4.14. The summed E-state index contributed by atoms with van der Waals surface area (Å²) in [6, 6.07) is 0. The molecule has 3 atom stereocenters. The van der Waals surface area contributed by atoms with E-state index in [1.54, 1.807) is 0 Å². The molecule has 70 valence electrons. The third-order valence-electron chi connectivity index (χ3n) is 4.14. The molecule has 12 heavy (non-hydrogen) atoms. The maximum Gasteiger partial charge on any atom is 0.0235 e. The Labute approximate surface area is 75.9 Å². The molecule has 0 amide bonds. The van der Waals surface area contributed by atoms with E-state index < -0.39 is 0 Å². The lowest BCUT2D eigenvalue weighted by Gasteiger charge is -2.58. The quantitative estimate of drug-likeness (QED) is 0.666. The van der Waals surface area contributed by atoms with Crippen LogP contribution in [0.3, 0.4) is 0 Å². The molecule has 2 aliphatic carbocycles. The van der Waals surface area contributed by atoms with Crippen molar-refractivity contribution in [2.24, 2.45) is 11.8 Å². The largest absolute Gasteiger partial charge is 0.311 e. The van der Waals surface area contributed by atoms with Gasteiger partial charge in [0, 0.05) is 5.54 Å². The van der Waals surface area contributed by atoms with Crippen LogP contribution in [0.15, 0.2) is 0 Å². The summed E-state index contributed by atoms with van der Waals surface area (Å²) < 4.78 is 0. The maximum atomic E-state index is 3.75. The molecule has 0 bridgehead atoms. The number of nitrogens with one attached hydrogen (secondary N) is 1. The fourth-order valence-corrected chi connectivity index (χ4v) is 3.46. The summed E-state index contributed by atoms with van der Waals surface area (Å²) in [5, 5.41) is 3.75. The van der Waals surface area contributed by atoms with Crippen molar-refractivity contribution < 1.29 is 0 Å². The highest BCUT2D eigenvalue weighted by Crippen LogP contribution is 2.52. The Kier molecular flexibility index (Phi) is 2.16. The van der Waals surface area contributed by atoms with Gasteiger partial charge in [-0.3, -0.25) is 0 Å². The van der Waals surface area contributed by atoms with Crippen molar-refractivity contribution in [1.82, 2.24) is 5.32 Å². The maximum absolute atomic E-state index is 3.75. The van der Waals surface area contributed by atoms with Gasteiger partial charge in [0.15, 0.2) is 0 Å². The van der Waals surface area contributed by atoms with Gasteiger partial charge in [0.05, 0.1) is 0 Å². The van der Waals surface area contributed by atoms with Gasteiger partial charge in [-0.1, -0.05) is 26.7 Å². The normalized spacial score (nSPS) is 46.5. The lowest BCUT2D eigenvalue weighted by Crippen LogP contribution is -2.65. The van der Waals surface area contributed by atoms with Crippen LogP contribution in [-0.2, 0) is 0 Å². The monoisotopic (exact) mass is 167 g/mol. The van der Waals surface area contributed by atoms with Crippen molar-refractivity contribution in [2.75, 3.05) is 6.54 Å². The van der Waals surface area contributed by atoms with Crippen molar-refractivity contribution in [3.05, 3.63) is 0 Å². The average Bonchev–Trinajstić information content (AvgIpc) is 2.07. The standard InChI is InChI=1S/C11H21N/c1-3-12-11-7-5-4-6-10(11)8-9(11)2/h9-10,12H,3-8H2,1-2H3/t9?,10-,11?/m1/s1. The van der Waals surface area contributed by atoms with Crippen molar-refractivity contribution in [2.45, 2.75) is 51.5 Å². The molecule has 1 N–H and O–H groups in total. The third kappa shape index (κ3) is 1.02. The summed E-state index contributed by atoms with van der Waals surface area (Å²) in [4.78, 5) is 0. The average molecular weight is 167 g/mol. The molecule has 2 rings (SSSR count). The van der Waals surface area contributed by atoms with E-state index >= 15 is 0 Å². The van der Waals surface area contributed by atoms with Crippen LogP contribution in [0.2, 0.25) is 0 Å². The second-order valence-electron chi connectivity index (χ2n) is 4.65. The van der Waals surface area contributed by atoms with E-state index in [4.69, 9.17) is 0 Å². The van der Waals surface area contributed by atoms with Gasteiger partial charge in [0.1, 0.15) is 0 Å². The van der Waals surface area contributed by atoms with Crippen LogP contribution in [-0.4, -0.2) is 12.1 Å². The van der Waals surface area contributed by atoms with E-state index in [1.807, 2.05) is 0 Å². The van der Waals surface area contributed by atoms with Crippen molar-refractivity contribution in [3.63, 3.8) is 0 Å². The molecule has 2 aliphatic rings. The number of rotatable bonds is 2. The van der Waals surface area contributed by atoms with Crippen LogP contribution in [0, 0.1) is 11.8 Å². The van der Waals surface area contributed by atoms with Crippen molar-refractivity contribution in [3.8, 4) is 0 Å². The first-order chi connectivity index (χ1) is 5.79. The van der Waals surface area contributed by atoms with E-state index in [0.29, 0.717) is 5.54 Å². The highest BCUT2D eigenvalue weighted by molar-refractivity contribution is 5.08. The van der Waals surface area contributed by atoms with Crippen molar-refractivity contribution >= 4 is 0 Å².